The molecule has 0 aliphatic rings. The summed E-state index contributed by atoms with van der Waals surface area (Å²) in [6.07, 6.45) is 0. The second kappa shape index (κ2) is 9.25. The maximum atomic E-state index is 6.33. The Labute approximate surface area is 224 Å². The summed E-state index contributed by atoms with van der Waals surface area (Å²) in [5, 5.41) is 2.38. The van der Waals surface area contributed by atoms with Crippen LogP contribution in [-0.4, -0.2) is 15.0 Å². The van der Waals surface area contributed by atoms with Crippen LogP contribution in [-0.2, 0) is 0 Å². The van der Waals surface area contributed by atoms with E-state index < -0.39 is 0 Å². The molecule has 4 nitrogen and oxygen atoms in total. The number of hydrogen-bond donors (Lipinski definition) is 0. The van der Waals surface area contributed by atoms with Gasteiger partial charge in [-0.15, -0.1) is 0 Å². The van der Waals surface area contributed by atoms with Gasteiger partial charge in [0.1, 0.15) is 11.2 Å². The molecule has 0 spiro atoms. The minimum atomic E-state index is 0.160. The van der Waals surface area contributed by atoms with Gasteiger partial charge in [-0.1, -0.05) is 115 Å². The van der Waals surface area contributed by atoms with E-state index in [1.807, 2.05) is 60.7 Å². The lowest BCUT2D eigenvalue weighted by Crippen LogP contribution is -1.97. The Morgan fingerprint density at radius 2 is 1.00 bits per heavy atom. The number of fused-ring (bicyclic) bond motifs is 3. The lowest BCUT2D eigenvalue weighted by Gasteiger charge is -2.08. The van der Waals surface area contributed by atoms with Gasteiger partial charge in [-0.05, 0) is 34.4 Å². The Bertz CT molecular complexity index is 1910. The van der Waals surface area contributed by atoms with Gasteiger partial charge in [0.25, 0.3) is 0 Å². The molecule has 0 radical (unpaired) electrons. The number of furan rings is 1. The molecule has 0 aliphatic heterocycles. The first-order chi connectivity index (χ1) is 18.7. The number of nitrogens with zero attached hydrogens (tertiary/aromatic N) is 3. The van der Waals surface area contributed by atoms with E-state index in [9.17, 15) is 0 Å². The normalized spacial score (nSPS) is 11.3. The quantitative estimate of drug-likeness (QED) is 0.237. The molecular weight excluding hydrogens is 490 g/mol. The predicted molar refractivity (Wildman–Crippen MR) is 154 cm³/mol. The highest BCUT2D eigenvalue weighted by Gasteiger charge is 2.13. The van der Waals surface area contributed by atoms with Crippen molar-refractivity contribution in [1.82, 2.24) is 15.0 Å². The summed E-state index contributed by atoms with van der Waals surface area (Å²) in [4.78, 5) is 13.5. The molecule has 7 aromatic rings. The van der Waals surface area contributed by atoms with E-state index in [-0.39, 0.29) is 5.28 Å². The third-order valence-corrected chi connectivity index (χ3v) is 6.89. The summed E-state index contributed by atoms with van der Waals surface area (Å²) < 4.78 is 6.22. The third kappa shape index (κ3) is 4.01. The molecule has 0 saturated carbocycles. The number of rotatable bonds is 4. The van der Waals surface area contributed by atoms with Gasteiger partial charge >= 0.3 is 0 Å². The van der Waals surface area contributed by atoms with Crippen LogP contribution in [0.25, 0.3) is 67.0 Å². The van der Waals surface area contributed by atoms with Crippen LogP contribution in [0, 0.1) is 0 Å². The molecule has 0 fully saturated rings. The molecule has 5 aromatic carbocycles. The Balaban J connectivity index is 1.22. The van der Waals surface area contributed by atoms with E-state index >= 15 is 0 Å². The van der Waals surface area contributed by atoms with Crippen molar-refractivity contribution < 1.29 is 4.42 Å². The molecule has 5 heteroatoms. The smallest absolute Gasteiger partial charge is 0.226 e. The van der Waals surface area contributed by atoms with Crippen molar-refractivity contribution in [2.24, 2.45) is 0 Å². The van der Waals surface area contributed by atoms with Crippen molar-refractivity contribution in [2.45, 2.75) is 0 Å². The van der Waals surface area contributed by atoms with Crippen LogP contribution in [0.4, 0.5) is 0 Å². The first-order valence-corrected chi connectivity index (χ1v) is 12.7. The van der Waals surface area contributed by atoms with Gasteiger partial charge in [-0.3, -0.25) is 0 Å². The molecule has 0 amide bonds. The van der Waals surface area contributed by atoms with Crippen LogP contribution < -0.4 is 0 Å². The topological polar surface area (TPSA) is 51.8 Å². The molecule has 0 bridgehead atoms. The molecule has 38 heavy (non-hydrogen) atoms. The van der Waals surface area contributed by atoms with Gasteiger partial charge in [-0.25, -0.2) is 4.98 Å². The average Bonchev–Trinajstić information content (AvgIpc) is 3.36. The van der Waals surface area contributed by atoms with Gasteiger partial charge in [-0.2, -0.15) is 9.97 Å². The fourth-order valence-electron chi connectivity index (χ4n) is 4.82. The number of para-hydroxylation sites is 2. The average molecular weight is 510 g/mol. The molecule has 180 valence electrons. The maximum Gasteiger partial charge on any atom is 0.226 e. The third-order valence-electron chi connectivity index (χ3n) is 6.72. The highest BCUT2D eigenvalue weighted by atomic mass is 35.5. The molecule has 0 atom stereocenters. The lowest BCUT2D eigenvalue weighted by atomic mass is 10.0. The molecule has 2 heterocycles. The van der Waals surface area contributed by atoms with E-state index in [1.54, 1.807) is 0 Å². The summed E-state index contributed by atoms with van der Waals surface area (Å²) >= 11 is 6.33. The zero-order valence-electron chi connectivity index (χ0n) is 20.2. The predicted octanol–water partition coefficient (Wildman–Crippen LogP) is 9.09. The zero-order valence-corrected chi connectivity index (χ0v) is 20.9. The molecule has 0 N–H and O–H groups in total. The summed E-state index contributed by atoms with van der Waals surface area (Å²) in [5.74, 6) is 1.07. The summed E-state index contributed by atoms with van der Waals surface area (Å²) in [5.41, 5.74) is 7.88. The van der Waals surface area contributed by atoms with Crippen LogP contribution in [0.3, 0.4) is 0 Å². The van der Waals surface area contributed by atoms with Crippen molar-refractivity contribution in [3.05, 3.63) is 127 Å². The maximum absolute atomic E-state index is 6.33. The van der Waals surface area contributed by atoms with Crippen LogP contribution in [0.2, 0.25) is 5.28 Å². The molecule has 2 aromatic heterocycles. The number of benzene rings is 5. The zero-order chi connectivity index (χ0) is 25.5. The van der Waals surface area contributed by atoms with Crippen molar-refractivity contribution in [3.63, 3.8) is 0 Å². The summed E-state index contributed by atoms with van der Waals surface area (Å²) in [6.45, 7) is 0. The second-order valence-corrected chi connectivity index (χ2v) is 9.39. The monoisotopic (exact) mass is 509 g/mol. The molecule has 0 aliphatic carbocycles. The van der Waals surface area contributed by atoms with Crippen molar-refractivity contribution >= 4 is 33.5 Å². The van der Waals surface area contributed by atoms with Gasteiger partial charge in [0.05, 0.1) is 0 Å². The van der Waals surface area contributed by atoms with Crippen molar-refractivity contribution in [2.75, 3.05) is 0 Å². The molecule has 0 unspecified atom stereocenters. The molecule has 0 saturated heterocycles. The number of hydrogen-bond acceptors (Lipinski definition) is 4. The lowest BCUT2D eigenvalue weighted by molar-refractivity contribution is 0.670. The van der Waals surface area contributed by atoms with E-state index in [2.05, 4.69) is 70.6 Å². The van der Waals surface area contributed by atoms with Gasteiger partial charge in [0, 0.05) is 27.5 Å². The second-order valence-electron chi connectivity index (χ2n) is 9.05. The minimum Gasteiger partial charge on any atom is -0.455 e. The van der Waals surface area contributed by atoms with Gasteiger partial charge in [0.15, 0.2) is 11.6 Å². The van der Waals surface area contributed by atoms with Gasteiger partial charge in [0.2, 0.25) is 5.28 Å². The van der Waals surface area contributed by atoms with Crippen LogP contribution in [0.1, 0.15) is 0 Å². The van der Waals surface area contributed by atoms with E-state index in [0.717, 1.165) is 55.3 Å². The van der Waals surface area contributed by atoms with Crippen LogP contribution in [0.15, 0.2) is 126 Å². The largest absolute Gasteiger partial charge is 0.455 e. The fraction of sp³-hybridized carbons (Fsp3) is 0. The Kier molecular flexibility index (Phi) is 5.46. The van der Waals surface area contributed by atoms with Gasteiger partial charge < -0.3 is 4.42 Å². The minimum absolute atomic E-state index is 0.160. The number of halogens is 1. The highest BCUT2D eigenvalue weighted by Crippen LogP contribution is 2.36. The summed E-state index contributed by atoms with van der Waals surface area (Å²) in [7, 11) is 0. The molecular formula is C33H20ClN3O. The van der Waals surface area contributed by atoms with Crippen molar-refractivity contribution in [3.8, 4) is 45.0 Å². The van der Waals surface area contributed by atoms with Crippen LogP contribution in [0.5, 0.6) is 0 Å². The number of aromatic nitrogens is 3. The van der Waals surface area contributed by atoms with E-state index in [1.165, 1.54) is 0 Å². The Hall–Kier alpha value is -4.80. The standard InChI is InChI=1S/C33H20ClN3O/c34-33-36-31(24-17-13-22(14-18-24)21-7-2-1-3-8-21)35-32(37-33)25-19-15-23(16-20-25)26-10-6-11-28-27-9-4-5-12-29(27)38-30(26)28/h1-20H. The van der Waals surface area contributed by atoms with Crippen LogP contribution >= 0.6 is 11.6 Å². The molecule has 7 rings (SSSR count). The van der Waals surface area contributed by atoms with Crippen molar-refractivity contribution in [1.29, 1.82) is 0 Å². The fourth-order valence-corrected chi connectivity index (χ4v) is 4.98. The van der Waals surface area contributed by atoms with E-state index in [4.69, 9.17) is 21.0 Å². The first-order valence-electron chi connectivity index (χ1n) is 12.3. The summed E-state index contributed by atoms with van der Waals surface area (Å²) in [6, 6.07) is 40.9. The first kappa shape index (κ1) is 22.4. The van der Waals surface area contributed by atoms with E-state index in [0.29, 0.717) is 11.6 Å². The SMILES string of the molecule is Clc1nc(-c2ccc(-c3ccccc3)cc2)nc(-c2ccc(-c3cccc4c3oc3ccccc34)cc2)n1. The Morgan fingerprint density at radius 1 is 0.447 bits per heavy atom. The highest BCUT2D eigenvalue weighted by molar-refractivity contribution is 6.28. The Morgan fingerprint density at radius 3 is 1.71 bits per heavy atom.